The van der Waals surface area contributed by atoms with Crippen LogP contribution < -0.4 is 16.6 Å². The highest BCUT2D eigenvalue weighted by Gasteiger charge is 2.47. The van der Waals surface area contributed by atoms with Crippen molar-refractivity contribution in [3.8, 4) is 0 Å². The minimum absolute atomic E-state index is 0.174. The summed E-state index contributed by atoms with van der Waals surface area (Å²) >= 11 is 6.25. The van der Waals surface area contributed by atoms with Gasteiger partial charge in [-0.25, -0.2) is 20.1 Å². The molecule has 0 aliphatic carbocycles. The number of aromatic nitrogens is 5. The van der Waals surface area contributed by atoms with E-state index < -0.39 is 5.54 Å². The molecule has 0 radical (unpaired) electrons. The Morgan fingerprint density at radius 3 is 2.77 bits per heavy atom. The first-order valence-corrected chi connectivity index (χ1v) is 10.1. The first kappa shape index (κ1) is 18.8. The average Bonchev–Trinajstić information content (AvgIpc) is 3.34. The van der Waals surface area contributed by atoms with Crippen LogP contribution in [-0.4, -0.2) is 24.7 Å². The number of nitrogens with two attached hydrogens (primary N) is 1. The Labute approximate surface area is 178 Å². The minimum atomic E-state index is -0.632. The number of anilines is 2. The van der Waals surface area contributed by atoms with Gasteiger partial charge < -0.3 is 11.2 Å². The van der Waals surface area contributed by atoms with Gasteiger partial charge in [0, 0.05) is 23.0 Å². The highest BCUT2D eigenvalue weighted by Crippen LogP contribution is 2.47. The fourth-order valence-corrected chi connectivity index (χ4v) is 4.55. The van der Waals surface area contributed by atoms with Gasteiger partial charge in [0.05, 0.1) is 22.8 Å². The first-order valence-electron chi connectivity index (χ1n) is 9.77. The van der Waals surface area contributed by atoms with Gasteiger partial charge in [0.25, 0.3) is 0 Å². The maximum absolute atomic E-state index is 6.25. The molecule has 5 rings (SSSR count). The summed E-state index contributed by atoms with van der Waals surface area (Å²) in [6.45, 7) is 4.16. The molecule has 4 aromatic rings. The van der Waals surface area contributed by atoms with Crippen molar-refractivity contribution in [2.24, 2.45) is 0 Å². The van der Waals surface area contributed by atoms with Crippen molar-refractivity contribution >= 4 is 34.1 Å². The lowest BCUT2D eigenvalue weighted by Crippen LogP contribution is -2.47. The van der Waals surface area contributed by atoms with Crippen molar-refractivity contribution in [3.05, 3.63) is 70.9 Å². The van der Waals surface area contributed by atoms with Gasteiger partial charge in [0.1, 0.15) is 17.7 Å². The molecule has 0 amide bonds. The summed E-state index contributed by atoms with van der Waals surface area (Å²) in [5.74, 6) is 0.443. The molecule has 4 heterocycles. The van der Waals surface area contributed by atoms with E-state index in [-0.39, 0.29) is 6.04 Å². The molecule has 8 nitrogen and oxygen atoms in total. The van der Waals surface area contributed by atoms with Gasteiger partial charge in [-0.1, -0.05) is 24.6 Å². The number of nitrogens with one attached hydrogen (secondary N) is 2. The molecule has 4 N–H and O–H groups in total. The van der Waals surface area contributed by atoms with Gasteiger partial charge in [-0.2, -0.15) is 5.10 Å². The van der Waals surface area contributed by atoms with Crippen molar-refractivity contribution in [3.63, 3.8) is 0 Å². The van der Waals surface area contributed by atoms with Crippen LogP contribution in [0.15, 0.2) is 49.1 Å². The van der Waals surface area contributed by atoms with Gasteiger partial charge in [0.15, 0.2) is 5.65 Å². The van der Waals surface area contributed by atoms with E-state index in [9.17, 15) is 0 Å². The lowest BCUT2D eigenvalue weighted by molar-refractivity contribution is 0.293. The van der Waals surface area contributed by atoms with Crippen molar-refractivity contribution in [2.75, 3.05) is 11.2 Å². The fourth-order valence-electron chi connectivity index (χ4n) is 4.38. The number of hydrazine groups is 1. The third kappa shape index (κ3) is 2.57. The van der Waals surface area contributed by atoms with Gasteiger partial charge in [-0.15, -0.1) is 0 Å². The topological polar surface area (TPSA) is 107 Å². The second-order valence-electron chi connectivity index (χ2n) is 7.36. The molecule has 1 aliphatic rings. The minimum Gasteiger partial charge on any atom is -0.383 e. The van der Waals surface area contributed by atoms with E-state index >= 15 is 0 Å². The standard InChI is InChI=1S/C21H21ClN8/c1-3-16-18-19(23)25-11-26-20(18)30(28-16)12(2)21(13-6-8-24-9-7-13)15-5-4-14(22)10-17(15)27-29-21/h4-12,27,29H,3H2,1-2H3,(H2,23,25,26). The third-order valence-corrected chi connectivity index (χ3v) is 6.09. The number of aryl methyl sites for hydroxylation is 1. The van der Waals surface area contributed by atoms with E-state index in [4.69, 9.17) is 22.4 Å². The van der Waals surface area contributed by atoms with Crippen LogP contribution in [0.1, 0.15) is 36.7 Å². The second-order valence-corrected chi connectivity index (χ2v) is 7.80. The molecule has 0 saturated carbocycles. The van der Waals surface area contributed by atoms with E-state index in [1.54, 1.807) is 12.4 Å². The molecule has 9 heteroatoms. The zero-order valence-corrected chi connectivity index (χ0v) is 17.4. The first-order chi connectivity index (χ1) is 14.6. The Hall–Kier alpha value is -3.23. The summed E-state index contributed by atoms with van der Waals surface area (Å²) in [5, 5.41) is 6.37. The van der Waals surface area contributed by atoms with E-state index in [2.05, 4.69) is 39.7 Å². The predicted octanol–water partition coefficient (Wildman–Crippen LogP) is 3.45. The Morgan fingerprint density at radius 2 is 2.00 bits per heavy atom. The van der Waals surface area contributed by atoms with Crippen LogP contribution in [0.4, 0.5) is 11.5 Å². The van der Waals surface area contributed by atoms with Crippen LogP contribution in [0.3, 0.4) is 0 Å². The maximum Gasteiger partial charge on any atom is 0.163 e. The molecule has 0 saturated heterocycles. The number of rotatable bonds is 4. The second kappa shape index (κ2) is 6.93. The van der Waals surface area contributed by atoms with Gasteiger partial charge in [0.2, 0.25) is 0 Å². The quantitative estimate of drug-likeness (QED) is 0.464. The van der Waals surface area contributed by atoms with E-state index in [0.717, 1.165) is 34.3 Å². The summed E-state index contributed by atoms with van der Waals surface area (Å²) in [5.41, 5.74) is 17.0. The number of pyridine rings is 1. The predicted molar refractivity (Wildman–Crippen MR) is 117 cm³/mol. The van der Waals surface area contributed by atoms with Crippen molar-refractivity contribution < 1.29 is 0 Å². The Morgan fingerprint density at radius 1 is 1.20 bits per heavy atom. The van der Waals surface area contributed by atoms with Crippen molar-refractivity contribution in [2.45, 2.75) is 31.8 Å². The molecular weight excluding hydrogens is 400 g/mol. The zero-order valence-electron chi connectivity index (χ0n) is 16.6. The molecule has 0 spiro atoms. The van der Waals surface area contributed by atoms with Crippen LogP contribution in [-0.2, 0) is 12.0 Å². The van der Waals surface area contributed by atoms with E-state index in [1.807, 2.05) is 35.0 Å². The number of benzene rings is 1. The van der Waals surface area contributed by atoms with Crippen LogP contribution in [0.2, 0.25) is 5.02 Å². The maximum atomic E-state index is 6.25. The van der Waals surface area contributed by atoms with Crippen LogP contribution in [0.25, 0.3) is 11.0 Å². The Kier molecular flexibility index (Phi) is 4.34. The number of nitrogens with zero attached hydrogens (tertiary/aromatic N) is 5. The van der Waals surface area contributed by atoms with Crippen LogP contribution >= 0.6 is 11.6 Å². The normalized spacial score (nSPS) is 18.9. The molecule has 0 bridgehead atoms. The summed E-state index contributed by atoms with van der Waals surface area (Å²) in [7, 11) is 0. The average molecular weight is 421 g/mol. The summed E-state index contributed by atoms with van der Waals surface area (Å²) in [4.78, 5) is 12.9. The van der Waals surface area contributed by atoms with Gasteiger partial charge in [-0.05, 0) is 43.2 Å². The van der Waals surface area contributed by atoms with Crippen molar-refractivity contribution in [1.82, 2.24) is 30.2 Å². The highest BCUT2D eigenvalue weighted by molar-refractivity contribution is 6.30. The molecule has 152 valence electrons. The number of hydrogen-bond donors (Lipinski definition) is 3. The molecule has 0 fully saturated rings. The van der Waals surface area contributed by atoms with Crippen LogP contribution in [0, 0.1) is 0 Å². The molecule has 2 unspecified atom stereocenters. The lowest BCUT2D eigenvalue weighted by atomic mass is 9.78. The van der Waals surface area contributed by atoms with Crippen molar-refractivity contribution in [1.29, 1.82) is 0 Å². The summed E-state index contributed by atoms with van der Waals surface area (Å²) in [6, 6.07) is 9.69. The highest BCUT2D eigenvalue weighted by atomic mass is 35.5. The molecule has 1 aromatic carbocycles. The van der Waals surface area contributed by atoms with E-state index in [1.165, 1.54) is 6.33 Å². The lowest BCUT2D eigenvalue weighted by Gasteiger charge is -2.36. The van der Waals surface area contributed by atoms with Gasteiger partial charge in [-0.3, -0.25) is 4.98 Å². The van der Waals surface area contributed by atoms with Gasteiger partial charge >= 0.3 is 0 Å². The molecular formula is C21H21ClN8. The van der Waals surface area contributed by atoms with Crippen LogP contribution in [0.5, 0.6) is 0 Å². The zero-order chi connectivity index (χ0) is 20.9. The molecule has 2 atom stereocenters. The number of halogens is 1. The molecule has 1 aliphatic heterocycles. The monoisotopic (exact) mass is 420 g/mol. The molecule has 3 aromatic heterocycles. The largest absolute Gasteiger partial charge is 0.383 e. The Balaban J connectivity index is 1.78. The van der Waals surface area contributed by atoms with E-state index in [0.29, 0.717) is 16.5 Å². The Bertz CT molecular complexity index is 1240. The fraction of sp³-hybridized carbons (Fsp3) is 0.238. The molecule has 30 heavy (non-hydrogen) atoms. The summed E-state index contributed by atoms with van der Waals surface area (Å²) in [6.07, 6.45) is 5.79. The number of nitrogen functional groups attached to an aromatic ring is 1. The number of fused-ring (bicyclic) bond motifs is 2. The third-order valence-electron chi connectivity index (χ3n) is 5.86. The summed E-state index contributed by atoms with van der Waals surface area (Å²) < 4.78 is 1.94. The number of hydrogen-bond acceptors (Lipinski definition) is 7. The smallest absolute Gasteiger partial charge is 0.163 e. The SMILES string of the molecule is CCc1nn(C(C)C2(c3ccncc3)NNc3cc(Cl)ccc32)c2ncnc(N)c12.